The van der Waals surface area contributed by atoms with Gasteiger partial charge in [0.25, 0.3) is 0 Å². The molecular weight excluding hydrogens is 501 g/mol. The first-order valence-electron chi connectivity index (χ1n) is 12.0. The fourth-order valence-electron chi connectivity index (χ4n) is 5.41. The minimum Gasteiger partial charge on any atom is -0.493 e. The summed E-state index contributed by atoms with van der Waals surface area (Å²) < 4.78 is 68.7. The first-order chi connectivity index (χ1) is 17.9. The second kappa shape index (κ2) is 9.11. The molecule has 10 heteroatoms. The first-order valence-corrected chi connectivity index (χ1v) is 13.4. The average Bonchev–Trinajstić information content (AvgIpc) is 2.90. The average molecular weight is 528 g/mol. The fraction of sp³-hybridized carbons (Fsp3) is 0.333. The summed E-state index contributed by atoms with van der Waals surface area (Å²) in [7, 11) is -1.43. The molecule has 0 amide bonds. The summed E-state index contributed by atoms with van der Waals surface area (Å²) in [5, 5.41) is 0. The normalized spacial score (nSPS) is 18.3. The van der Waals surface area contributed by atoms with Crippen molar-refractivity contribution in [1.82, 2.24) is 4.90 Å². The number of rotatable bonds is 5. The highest BCUT2D eigenvalue weighted by molar-refractivity contribution is 7.87. The van der Waals surface area contributed by atoms with Crippen LogP contribution in [-0.4, -0.2) is 47.3 Å². The van der Waals surface area contributed by atoms with E-state index in [9.17, 15) is 12.8 Å². The molecule has 3 heterocycles. The van der Waals surface area contributed by atoms with E-state index in [-0.39, 0.29) is 22.4 Å². The molecular formula is C27H26FNO7S. The number of benzene rings is 3. The molecule has 0 aliphatic carbocycles. The largest absolute Gasteiger partial charge is 0.493 e. The van der Waals surface area contributed by atoms with Crippen molar-refractivity contribution in [2.45, 2.75) is 30.3 Å². The Morgan fingerprint density at radius 2 is 1.76 bits per heavy atom. The van der Waals surface area contributed by atoms with Crippen LogP contribution in [-0.2, 0) is 29.5 Å². The minimum absolute atomic E-state index is 0.0237. The summed E-state index contributed by atoms with van der Waals surface area (Å²) in [4.78, 5) is 2.08. The zero-order valence-electron chi connectivity index (χ0n) is 20.5. The monoisotopic (exact) mass is 527 g/mol. The topological polar surface area (TPSA) is 83.5 Å². The van der Waals surface area contributed by atoms with Gasteiger partial charge in [0.1, 0.15) is 23.9 Å². The molecule has 0 aromatic heterocycles. The van der Waals surface area contributed by atoms with Crippen LogP contribution in [0, 0.1) is 5.82 Å². The first kappa shape index (κ1) is 23.9. The Kier molecular flexibility index (Phi) is 5.88. The van der Waals surface area contributed by atoms with Crippen molar-refractivity contribution in [2.75, 3.05) is 34.0 Å². The highest BCUT2D eigenvalue weighted by atomic mass is 32.2. The molecule has 0 fully saturated rings. The van der Waals surface area contributed by atoms with Crippen molar-refractivity contribution in [3.05, 3.63) is 70.5 Å². The van der Waals surface area contributed by atoms with E-state index in [0.29, 0.717) is 37.5 Å². The van der Waals surface area contributed by atoms with Crippen molar-refractivity contribution in [2.24, 2.45) is 0 Å². The maximum absolute atomic E-state index is 13.8. The second-order valence-electron chi connectivity index (χ2n) is 9.21. The van der Waals surface area contributed by atoms with Gasteiger partial charge in [-0.3, -0.25) is 4.90 Å². The molecule has 0 radical (unpaired) electrons. The molecule has 0 saturated carbocycles. The summed E-state index contributed by atoms with van der Waals surface area (Å²) in [6.45, 7) is 2.43. The van der Waals surface area contributed by atoms with Crippen molar-refractivity contribution in [3.8, 4) is 28.7 Å². The van der Waals surface area contributed by atoms with Crippen LogP contribution in [0.4, 0.5) is 4.39 Å². The molecule has 3 aliphatic heterocycles. The molecule has 0 saturated heterocycles. The van der Waals surface area contributed by atoms with Crippen molar-refractivity contribution < 1.29 is 35.9 Å². The van der Waals surface area contributed by atoms with Gasteiger partial charge in [0.2, 0.25) is 5.75 Å². The predicted octanol–water partition coefficient (Wildman–Crippen LogP) is 4.04. The predicted molar refractivity (Wildman–Crippen MR) is 132 cm³/mol. The number of halogens is 1. The van der Waals surface area contributed by atoms with Crippen molar-refractivity contribution >= 4 is 10.1 Å². The molecule has 3 aromatic rings. The van der Waals surface area contributed by atoms with Gasteiger partial charge in [-0.25, -0.2) is 4.39 Å². The molecule has 8 nitrogen and oxygen atoms in total. The maximum Gasteiger partial charge on any atom is 0.339 e. The van der Waals surface area contributed by atoms with Crippen LogP contribution in [0.1, 0.15) is 28.3 Å². The molecule has 37 heavy (non-hydrogen) atoms. The van der Waals surface area contributed by atoms with Gasteiger partial charge in [0.15, 0.2) is 23.0 Å². The van der Waals surface area contributed by atoms with Crippen LogP contribution in [0.5, 0.6) is 28.7 Å². The summed E-state index contributed by atoms with van der Waals surface area (Å²) in [5.41, 5.74) is 3.90. The number of ether oxygens (including phenoxy) is 4. The summed E-state index contributed by atoms with van der Waals surface area (Å²) in [6, 6.07) is 10.7. The Morgan fingerprint density at radius 3 is 2.49 bits per heavy atom. The third-order valence-corrected chi connectivity index (χ3v) is 8.36. The molecule has 3 aliphatic rings. The molecule has 0 N–H and O–H groups in total. The lowest BCUT2D eigenvalue weighted by atomic mass is 9.83. The van der Waals surface area contributed by atoms with Gasteiger partial charge in [-0.05, 0) is 65.9 Å². The summed E-state index contributed by atoms with van der Waals surface area (Å²) >= 11 is 0. The van der Waals surface area contributed by atoms with E-state index in [0.717, 1.165) is 41.7 Å². The lowest BCUT2D eigenvalue weighted by molar-refractivity contribution is 0.152. The SMILES string of the molecule is COc1cc2c(c(OS(=O)(=O)c3cccc(F)c3)c1OC)CC1c3cc4c(cc3CCN1C2)OCCO4. The standard InChI is InChI=1S/C27H26FNO7S/c1-32-25-11-17-15-29-7-6-16-10-23-24(35-9-8-34-23)14-20(16)22(29)13-21(17)26(27(25)33-2)36-37(30,31)19-5-3-4-18(28)12-19/h3-5,10-12,14,22H,6-9,13,15H2,1-2H3. The highest BCUT2D eigenvalue weighted by Crippen LogP contribution is 2.50. The number of hydrogen-bond donors (Lipinski definition) is 0. The van der Waals surface area contributed by atoms with Crippen molar-refractivity contribution in [1.29, 1.82) is 0 Å². The van der Waals surface area contributed by atoms with Gasteiger partial charge in [-0.15, -0.1) is 0 Å². The van der Waals surface area contributed by atoms with Gasteiger partial charge in [-0.1, -0.05) is 6.07 Å². The quantitative estimate of drug-likeness (QED) is 0.460. The van der Waals surface area contributed by atoms with E-state index in [1.54, 1.807) is 0 Å². The molecule has 194 valence electrons. The van der Waals surface area contributed by atoms with Crippen LogP contribution < -0.4 is 23.1 Å². The van der Waals surface area contributed by atoms with E-state index in [1.807, 2.05) is 12.1 Å². The number of hydrogen-bond acceptors (Lipinski definition) is 8. The third kappa shape index (κ3) is 4.14. The van der Waals surface area contributed by atoms with E-state index < -0.39 is 15.9 Å². The van der Waals surface area contributed by atoms with E-state index >= 15 is 0 Å². The Balaban J connectivity index is 1.45. The Labute approximate surface area is 214 Å². The highest BCUT2D eigenvalue weighted by Gasteiger charge is 2.37. The van der Waals surface area contributed by atoms with E-state index in [1.165, 1.54) is 38.0 Å². The minimum atomic E-state index is -4.35. The number of methoxy groups -OCH3 is 2. The maximum atomic E-state index is 13.8. The lowest BCUT2D eigenvalue weighted by Crippen LogP contribution is -2.39. The fourth-order valence-corrected chi connectivity index (χ4v) is 6.41. The summed E-state index contributed by atoms with van der Waals surface area (Å²) in [6.07, 6.45) is 1.35. The van der Waals surface area contributed by atoms with Crippen molar-refractivity contribution in [3.63, 3.8) is 0 Å². The van der Waals surface area contributed by atoms with Crippen LogP contribution >= 0.6 is 0 Å². The van der Waals surface area contributed by atoms with Gasteiger partial charge >= 0.3 is 10.1 Å². The van der Waals surface area contributed by atoms with Crippen LogP contribution in [0.15, 0.2) is 47.4 Å². The van der Waals surface area contributed by atoms with Crippen LogP contribution in [0.2, 0.25) is 0 Å². The Bertz CT molecular complexity index is 1490. The van der Waals surface area contributed by atoms with E-state index in [2.05, 4.69) is 11.0 Å². The van der Waals surface area contributed by atoms with Gasteiger partial charge in [0.05, 0.1) is 14.2 Å². The molecule has 6 rings (SSSR count). The Hall–Kier alpha value is -3.50. The van der Waals surface area contributed by atoms with E-state index in [4.69, 9.17) is 23.1 Å². The molecule has 0 spiro atoms. The van der Waals surface area contributed by atoms with Crippen LogP contribution in [0.3, 0.4) is 0 Å². The number of nitrogens with zero attached hydrogens (tertiary/aromatic N) is 1. The van der Waals surface area contributed by atoms with Crippen LogP contribution in [0.25, 0.3) is 0 Å². The lowest BCUT2D eigenvalue weighted by Gasteiger charge is -2.42. The molecule has 0 bridgehead atoms. The molecule has 3 aromatic carbocycles. The molecule has 1 atom stereocenters. The molecule has 1 unspecified atom stereocenters. The summed E-state index contributed by atoms with van der Waals surface area (Å²) in [5.74, 6) is 1.40. The Morgan fingerprint density at radius 1 is 0.973 bits per heavy atom. The van der Waals surface area contributed by atoms with Gasteiger partial charge < -0.3 is 23.1 Å². The zero-order valence-corrected chi connectivity index (χ0v) is 21.3. The van der Waals surface area contributed by atoms with Gasteiger partial charge in [-0.2, -0.15) is 8.42 Å². The van der Waals surface area contributed by atoms with Gasteiger partial charge in [0, 0.05) is 24.7 Å². The smallest absolute Gasteiger partial charge is 0.339 e. The number of fused-ring (bicyclic) bond motifs is 5. The second-order valence-corrected chi connectivity index (χ2v) is 10.8. The third-order valence-electron chi connectivity index (χ3n) is 7.14. The zero-order chi connectivity index (χ0) is 25.7.